The maximum absolute atomic E-state index is 6.37. The Morgan fingerprint density at radius 2 is 2.17 bits per heavy atom. The first-order valence-corrected chi connectivity index (χ1v) is 10.4. The highest BCUT2D eigenvalue weighted by Crippen LogP contribution is 2.41. The van der Waals surface area contributed by atoms with Crippen LogP contribution in [0.15, 0.2) is 29.6 Å². The van der Waals surface area contributed by atoms with Gasteiger partial charge in [-0.3, -0.25) is 0 Å². The number of halogens is 1. The molecule has 3 aromatic heterocycles. The molecule has 2 atom stereocenters. The Hall–Kier alpha value is -1.14. The van der Waals surface area contributed by atoms with E-state index in [-0.39, 0.29) is 6.04 Å². The van der Waals surface area contributed by atoms with E-state index in [9.17, 15) is 0 Å². The van der Waals surface area contributed by atoms with Gasteiger partial charge in [0.2, 0.25) is 0 Å². The molecule has 0 spiro atoms. The molecule has 0 amide bonds. The molecule has 3 aromatic rings. The van der Waals surface area contributed by atoms with Crippen molar-refractivity contribution in [2.75, 3.05) is 5.32 Å². The summed E-state index contributed by atoms with van der Waals surface area (Å²) >= 11 is 9.82. The van der Waals surface area contributed by atoms with E-state index in [1.807, 2.05) is 17.4 Å². The predicted molar refractivity (Wildman–Crippen MR) is 105 cm³/mol. The van der Waals surface area contributed by atoms with Crippen molar-refractivity contribution in [2.24, 2.45) is 5.73 Å². The first-order valence-electron chi connectivity index (χ1n) is 8.32. The largest absolute Gasteiger partial charge is 0.379 e. The van der Waals surface area contributed by atoms with Crippen LogP contribution in [-0.4, -0.2) is 11.0 Å². The van der Waals surface area contributed by atoms with Crippen molar-refractivity contribution in [1.82, 2.24) is 4.98 Å². The molecule has 0 aliphatic heterocycles. The summed E-state index contributed by atoms with van der Waals surface area (Å²) in [5.41, 5.74) is 8.42. The van der Waals surface area contributed by atoms with Crippen LogP contribution in [0.25, 0.3) is 10.2 Å². The van der Waals surface area contributed by atoms with Crippen molar-refractivity contribution in [3.63, 3.8) is 0 Å². The number of anilines is 1. The topological polar surface area (TPSA) is 50.9 Å². The lowest BCUT2D eigenvalue weighted by Crippen LogP contribution is -2.30. The number of fused-ring (bicyclic) bond motifs is 1. The molecule has 3 heterocycles. The van der Waals surface area contributed by atoms with Gasteiger partial charge in [-0.05, 0) is 30.4 Å². The highest BCUT2D eigenvalue weighted by Gasteiger charge is 2.25. The van der Waals surface area contributed by atoms with Crippen LogP contribution in [0.1, 0.15) is 41.4 Å². The molecule has 0 bridgehead atoms. The second-order valence-electron chi connectivity index (χ2n) is 6.34. The Labute approximate surface area is 154 Å². The van der Waals surface area contributed by atoms with Crippen LogP contribution in [0, 0.1) is 0 Å². The highest BCUT2D eigenvalue weighted by atomic mass is 35.5. The van der Waals surface area contributed by atoms with E-state index in [0.717, 1.165) is 24.2 Å². The van der Waals surface area contributed by atoms with Gasteiger partial charge in [0.05, 0.1) is 15.9 Å². The molecule has 1 saturated carbocycles. The molecular weight excluding hydrogens is 358 g/mol. The van der Waals surface area contributed by atoms with Crippen LogP contribution in [-0.2, 0) is 6.54 Å². The zero-order valence-electron chi connectivity index (χ0n) is 13.3. The molecule has 1 fully saturated rings. The standard InChI is InChI=1S/C18H20ClN3S2/c19-17-9-14(21-10-11-4-3-7-23-11)18-15(22-17)8-16(24-18)12-5-1-2-6-13(12)20/h3-4,7-9,12-13H,1-2,5-6,10,20H2,(H,21,22)/t12-,13+/m1/s1. The second kappa shape index (κ2) is 7.00. The third kappa shape index (κ3) is 3.31. The normalized spacial score (nSPS) is 21.2. The molecule has 0 unspecified atom stereocenters. The van der Waals surface area contributed by atoms with E-state index in [0.29, 0.717) is 11.1 Å². The van der Waals surface area contributed by atoms with Crippen molar-refractivity contribution >= 4 is 50.2 Å². The summed E-state index contributed by atoms with van der Waals surface area (Å²) in [6.07, 6.45) is 4.82. The number of pyridine rings is 1. The Bertz CT molecular complexity index is 828. The maximum atomic E-state index is 6.37. The van der Waals surface area contributed by atoms with Gasteiger partial charge in [-0.25, -0.2) is 4.98 Å². The van der Waals surface area contributed by atoms with Crippen molar-refractivity contribution < 1.29 is 0 Å². The zero-order valence-corrected chi connectivity index (χ0v) is 15.7. The molecule has 126 valence electrons. The fraction of sp³-hybridized carbons (Fsp3) is 0.389. The SMILES string of the molecule is N[C@H]1CCCC[C@H]1c1cc2nc(Cl)cc(NCc3cccs3)c2s1. The van der Waals surface area contributed by atoms with Crippen LogP contribution >= 0.6 is 34.3 Å². The van der Waals surface area contributed by atoms with Crippen molar-refractivity contribution in [3.8, 4) is 0 Å². The molecule has 1 aliphatic carbocycles. The van der Waals surface area contributed by atoms with Gasteiger partial charge in [-0.2, -0.15) is 0 Å². The Balaban J connectivity index is 1.66. The molecule has 3 N–H and O–H groups in total. The smallest absolute Gasteiger partial charge is 0.131 e. The zero-order chi connectivity index (χ0) is 16.5. The number of hydrogen-bond donors (Lipinski definition) is 2. The van der Waals surface area contributed by atoms with Crippen LogP contribution < -0.4 is 11.1 Å². The number of hydrogen-bond acceptors (Lipinski definition) is 5. The van der Waals surface area contributed by atoms with Crippen LogP contribution in [0.4, 0.5) is 5.69 Å². The maximum Gasteiger partial charge on any atom is 0.131 e. The number of aromatic nitrogens is 1. The minimum Gasteiger partial charge on any atom is -0.379 e. The summed E-state index contributed by atoms with van der Waals surface area (Å²) in [7, 11) is 0. The number of thiophene rings is 2. The van der Waals surface area contributed by atoms with E-state index < -0.39 is 0 Å². The Morgan fingerprint density at radius 3 is 2.96 bits per heavy atom. The number of nitrogens with two attached hydrogens (primary N) is 1. The molecule has 0 saturated heterocycles. The van der Waals surface area contributed by atoms with E-state index >= 15 is 0 Å². The minimum absolute atomic E-state index is 0.268. The summed E-state index contributed by atoms with van der Waals surface area (Å²) in [4.78, 5) is 7.18. The molecule has 0 radical (unpaired) electrons. The highest BCUT2D eigenvalue weighted by molar-refractivity contribution is 7.19. The Kier molecular flexibility index (Phi) is 4.77. The van der Waals surface area contributed by atoms with Gasteiger partial charge < -0.3 is 11.1 Å². The van der Waals surface area contributed by atoms with Crippen LogP contribution in [0.2, 0.25) is 5.15 Å². The molecule has 3 nitrogen and oxygen atoms in total. The summed E-state index contributed by atoms with van der Waals surface area (Å²) in [6, 6.07) is 8.60. The van der Waals surface area contributed by atoms with Gasteiger partial charge in [-0.15, -0.1) is 22.7 Å². The summed E-state index contributed by atoms with van der Waals surface area (Å²) < 4.78 is 1.18. The summed E-state index contributed by atoms with van der Waals surface area (Å²) in [5, 5.41) is 6.16. The first kappa shape index (κ1) is 16.3. The molecule has 24 heavy (non-hydrogen) atoms. The lowest BCUT2D eigenvalue weighted by molar-refractivity contribution is 0.389. The average molecular weight is 378 g/mol. The fourth-order valence-electron chi connectivity index (χ4n) is 3.43. The third-order valence-corrected chi connectivity index (χ3v) is 7.04. The first-order chi connectivity index (χ1) is 11.7. The van der Waals surface area contributed by atoms with Crippen molar-refractivity contribution in [3.05, 3.63) is 44.6 Å². The Morgan fingerprint density at radius 1 is 1.29 bits per heavy atom. The van der Waals surface area contributed by atoms with Gasteiger partial charge in [0, 0.05) is 34.3 Å². The van der Waals surface area contributed by atoms with E-state index in [1.165, 1.54) is 33.7 Å². The molecule has 1 aliphatic rings. The molecule has 4 rings (SSSR count). The summed E-state index contributed by atoms with van der Waals surface area (Å²) in [5.74, 6) is 0.460. The van der Waals surface area contributed by atoms with E-state index in [1.54, 1.807) is 11.3 Å². The second-order valence-corrected chi connectivity index (χ2v) is 8.85. The van der Waals surface area contributed by atoms with Gasteiger partial charge in [-0.1, -0.05) is 30.5 Å². The number of nitrogens with zero attached hydrogens (tertiary/aromatic N) is 1. The molecule has 0 aromatic carbocycles. The fourth-order valence-corrected chi connectivity index (χ4v) is 5.58. The van der Waals surface area contributed by atoms with Crippen molar-refractivity contribution in [2.45, 2.75) is 44.2 Å². The minimum atomic E-state index is 0.268. The summed E-state index contributed by atoms with van der Waals surface area (Å²) in [6.45, 7) is 0.809. The van der Waals surface area contributed by atoms with E-state index in [2.05, 4.69) is 33.9 Å². The number of rotatable bonds is 4. The third-order valence-electron chi connectivity index (χ3n) is 4.68. The quantitative estimate of drug-likeness (QED) is 0.581. The average Bonchev–Trinajstić information content (AvgIpc) is 3.22. The number of nitrogens with one attached hydrogen (secondary N) is 1. The molecular formula is C18H20ClN3S2. The van der Waals surface area contributed by atoms with Crippen molar-refractivity contribution in [1.29, 1.82) is 0 Å². The van der Waals surface area contributed by atoms with Gasteiger partial charge in [0.25, 0.3) is 0 Å². The lowest BCUT2D eigenvalue weighted by atomic mass is 9.84. The van der Waals surface area contributed by atoms with E-state index in [4.69, 9.17) is 17.3 Å². The predicted octanol–water partition coefficient (Wildman–Crippen LogP) is 5.61. The lowest BCUT2D eigenvalue weighted by Gasteiger charge is -2.27. The monoisotopic (exact) mass is 377 g/mol. The molecule has 6 heteroatoms. The van der Waals surface area contributed by atoms with Gasteiger partial charge >= 0.3 is 0 Å². The van der Waals surface area contributed by atoms with Crippen LogP contribution in [0.5, 0.6) is 0 Å². The van der Waals surface area contributed by atoms with Gasteiger partial charge in [0.1, 0.15) is 5.15 Å². The van der Waals surface area contributed by atoms with Gasteiger partial charge in [0.15, 0.2) is 0 Å². The van der Waals surface area contributed by atoms with Crippen LogP contribution in [0.3, 0.4) is 0 Å².